The Labute approximate surface area is 106 Å². The molecule has 0 saturated carbocycles. The lowest BCUT2D eigenvalue weighted by molar-refractivity contribution is -0.000614. The molecule has 1 amide bonds. The lowest BCUT2D eigenvalue weighted by atomic mass is 10.1. The van der Waals surface area contributed by atoms with Crippen LogP contribution in [0.2, 0.25) is 0 Å². The molecule has 1 aromatic rings. The number of aromatic nitrogens is 3. The van der Waals surface area contributed by atoms with Crippen LogP contribution in [0.25, 0.3) is 0 Å². The second kappa shape index (κ2) is 4.56. The van der Waals surface area contributed by atoms with Gasteiger partial charge in [-0.15, -0.1) is 5.10 Å². The number of hydrogen-bond donors (Lipinski definition) is 1. The van der Waals surface area contributed by atoms with Gasteiger partial charge in [-0.3, -0.25) is 0 Å². The van der Waals surface area contributed by atoms with E-state index in [0.717, 1.165) is 5.69 Å². The number of nitrogens with zero attached hydrogens (tertiary/aromatic N) is 4. The first kappa shape index (κ1) is 12.8. The summed E-state index contributed by atoms with van der Waals surface area (Å²) in [6.07, 6.45) is 1.54. The van der Waals surface area contributed by atoms with Crippen LogP contribution >= 0.6 is 0 Å². The minimum atomic E-state index is -0.456. The van der Waals surface area contributed by atoms with Crippen LogP contribution in [-0.2, 0) is 11.3 Å². The summed E-state index contributed by atoms with van der Waals surface area (Å²) < 4.78 is 7.03. The summed E-state index contributed by atoms with van der Waals surface area (Å²) in [5, 5.41) is 7.91. The summed E-state index contributed by atoms with van der Waals surface area (Å²) in [6.45, 7) is 7.14. The molecule has 0 aromatic carbocycles. The van der Waals surface area contributed by atoms with Crippen molar-refractivity contribution in [2.45, 2.75) is 39.0 Å². The van der Waals surface area contributed by atoms with Crippen LogP contribution in [0.1, 0.15) is 32.5 Å². The predicted molar refractivity (Wildman–Crippen MR) is 64.8 cm³/mol. The molecular weight excluding hydrogens is 234 g/mol. The Kier molecular flexibility index (Phi) is 3.25. The maximum absolute atomic E-state index is 11.7. The van der Waals surface area contributed by atoms with E-state index in [0.29, 0.717) is 19.6 Å². The highest BCUT2D eigenvalue weighted by molar-refractivity contribution is 5.69. The van der Waals surface area contributed by atoms with Gasteiger partial charge in [-0.25, -0.2) is 9.48 Å². The SMILES string of the molecule is CC(C)(C)OC(=O)N1CC(n2cc(CN)nn2)C1. The molecule has 1 aliphatic rings. The Morgan fingerprint density at radius 2 is 2.22 bits per heavy atom. The van der Waals surface area contributed by atoms with E-state index in [4.69, 9.17) is 10.5 Å². The highest BCUT2D eigenvalue weighted by Crippen LogP contribution is 2.22. The Morgan fingerprint density at radius 3 is 2.72 bits per heavy atom. The quantitative estimate of drug-likeness (QED) is 0.830. The van der Waals surface area contributed by atoms with Crippen molar-refractivity contribution < 1.29 is 9.53 Å². The molecule has 1 saturated heterocycles. The van der Waals surface area contributed by atoms with Crippen molar-refractivity contribution in [1.82, 2.24) is 19.9 Å². The molecule has 2 heterocycles. The Bertz CT molecular complexity index is 431. The van der Waals surface area contributed by atoms with Crippen LogP contribution in [0.15, 0.2) is 6.20 Å². The first-order chi connectivity index (χ1) is 8.39. The van der Waals surface area contributed by atoms with Crippen LogP contribution in [0.5, 0.6) is 0 Å². The second-order valence-electron chi connectivity index (χ2n) is 5.43. The molecule has 0 aliphatic carbocycles. The van der Waals surface area contributed by atoms with Gasteiger partial charge in [0.05, 0.1) is 17.9 Å². The van der Waals surface area contributed by atoms with E-state index in [2.05, 4.69) is 10.3 Å². The smallest absolute Gasteiger partial charge is 0.410 e. The van der Waals surface area contributed by atoms with Crippen LogP contribution in [0, 0.1) is 0 Å². The minimum absolute atomic E-state index is 0.172. The van der Waals surface area contributed by atoms with E-state index in [9.17, 15) is 4.79 Å². The number of amides is 1. The number of likely N-dealkylation sites (tertiary alicyclic amines) is 1. The maximum atomic E-state index is 11.7. The Morgan fingerprint density at radius 1 is 1.56 bits per heavy atom. The monoisotopic (exact) mass is 253 g/mol. The molecule has 0 spiro atoms. The molecule has 0 bridgehead atoms. The third kappa shape index (κ3) is 2.79. The summed E-state index contributed by atoms with van der Waals surface area (Å²) in [6, 6.07) is 0.172. The summed E-state index contributed by atoms with van der Waals surface area (Å²) >= 11 is 0. The average molecular weight is 253 g/mol. The Hall–Kier alpha value is -1.63. The number of hydrogen-bond acceptors (Lipinski definition) is 5. The van der Waals surface area contributed by atoms with Crippen molar-refractivity contribution in [3.05, 3.63) is 11.9 Å². The van der Waals surface area contributed by atoms with E-state index in [-0.39, 0.29) is 12.1 Å². The Balaban J connectivity index is 1.85. The summed E-state index contributed by atoms with van der Waals surface area (Å²) in [7, 11) is 0. The van der Waals surface area contributed by atoms with E-state index >= 15 is 0 Å². The van der Waals surface area contributed by atoms with E-state index in [1.165, 1.54) is 0 Å². The summed E-state index contributed by atoms with van der Waals surface area (Å²) in [5.74, 6) is 0. The van der Waals surface area contributed by atoms with Crippen molar-refractivity contribution in [1.29, 1.82) is 0 Å². The molecule has 2 N–H and O–H groups in total. The zero-order valence-corrected chi connectivity index (χ0v) is 11.0. The lowest BCUT2D eigenvalue weighted by Gasteiger charge is -2.39. The highest BCUT2D eigenvalue weighted by atomic mass is 16.6. The average Bonchev–Trinajstić information content (AvgIpc) is 2.60. The molecular formula is C11H19N5O2. The summed E-state index contributed by atoms with van der Waals surface area (Å²) in [5.41, 5.74) is 5.77. The molecule has 0 unspecified atom stereocenters. The lowest BCUT2D eigenvalue weighted by Crippen LogP contribution is -2.52. The number of carbonyl (C=O) groups is 1. The van der Waals surface area contributed by atoms with Gasteiger partial charge in [-0.2, -0.15) is 0 Å². The fraction of sp³-hybridized carbons (Fsp3) is 0.727. The molecule has 1 aromatic heterocycles. The zero-order chi connectivity index (χ0) is 13.3. The van der Waals surface area contributed by atoms with Crippen molar-refractivity contribution in [2.24, 2.45) is 5.73 Å². The van der Waals surface area contributed by atoms with E-state index in [1.807, 2.05) is 27.0 Å². The van der Waals surface area contributed by atoms with Gasteiger partial charge in [0.15, 0.2) is 0 Å². The minimum Gasteiger partial charge on any atom is -0.444 e. The molecule has 2 rings (SSSR count). The van der Waals surface area contributed by atoms with Gasteiger partial charge in [-0.05, 0) is 20.8 Å². The van der Waals surface area contributed by atoms with Crippen LogP contribution < -0.4 is 5.73 Å². The largest absolute Gasteiger partial charge is 0.444 e. The number of carbonyl (C=O) groups excluding carboxylic acids is 1. The molecule has 7 heteroatoms. The van der Waals surface area contributed by atoms with Crippen molar-refractivity contribution in [3.8, 4) is 0 Å². The van der Waals surface area contributed by atoms with Gasteiger partial charge < -0.3 is 15.4 Å². The van der Waals surface area contributed by atoms with Crippen LogP contribution in [0.3, 0.4) is 0 Å². The normalized spacial score (nSPS) is 16.6. The van der Waals surface area contributed by atoms with Gasteiger partial charge in [0.25, 0.3) is 0 Å². The summed E-state index contributed by atoms with van der Waals surface area (Å²) in [4.78, 5) is 13.4. The van der Waals surface area contributed by atoms with Crippen molar-refractivity contribution >= 4 is 6.09 Å². The first-order valence-corrected chi connectivity index (χ1v) is 5.98. The fourth-order valence-corrected chi connectivity index (χ4v) is 1.68. The molecule has 18 heavy (non-hydrogen) atoms. The fourth-order valence-electron chi connectivity index (χ4n) is 1.68. The predicted octanol–water partition coefficient (Wildman–Crippen LogP) is 0.529. The topological polar surface area (TPSA) is 86.3 Å². The number of ether oxygens (including phenoxy) is 1. The van der Waals surface area contributed by atoms with E-state index in [1.54, 1.807) is 9.58 Å². The first-order valence-electron chi connectivity index (χ1n) is 5.98. The van der Waals surface area contributed by atoms with Gasteiger partial charge in [-0.1, -0.05) is 5.21 Å². The highest BCUT2D eigenvalue weighted by Gasteiger charge is 2.35. The van der Waals surface area contributed by atoms with Gasteiger partial charge in [0.2, 0.25) is 0 Å². The van der Waals surface area contributed by atoms with Gasteiger partial charge in [0, 0.05) is 19.6 Å². The molecule has 7 nitrogen and oxygen atoms in total. The number of nitrogens with two attached hydrogens (primary N) is 1. The molecule has 0 atom stereocenters. The van der Waals surface area contributed by atoms with Gasteiger partial charge >= 0.3 is 6.09 Å². The van der Waals surface area contributed by atoms with Gasteiger partial charge in [0.1, 0.15) is 5.60 Å². The zero-order valence-electron chi connectivity index (χ0n) is 11.0. The van der Waals surface area contributed by atoms with E-state index < -0.39 is 5.60 Å². The molecule has 0 radical (unpaired) electrons. The standard InChI is InChI=1S/C11H19N5O2/c1-11(2,3)18-10(17)15-6-9(7-15)16-5-8(4-12)13-14-16/h5,9H,4,6-7,12H2,1-3H3. The van der Waals surface area contributed by atoms with Crippen LogP contribution in [-0.4, -0.2) is 44.7 Å². The molecule has 1 fully saturated rings. The third-order valence-corrected chi connectivity index (χ3v) is 2.65. The van der Waals surface area contributed by atoms with Crippen molar-refractivity contribution in [3.63, 3.8) is 0 Å². The maximum Gasteiger partial charge on any atom is 0.410 e. The molecule has 100 valence electrons. The van der Waals surface area contributed by atoms with Crippen molar-refractivity contribution in [2.75, 3.05) is 13.1 Å². The third-order valence-electron chi connectivity index (χ3n) is 2.65. The second-order valence-corrected chi connectivity index (χ2v) is 5.43. The number of rotatable bonds is 2. The van der Waals surface area contributed by atoms with Crippen LogP contribution in [0.4, 0.5) is 4.79 Å². The molecule has 1 aliphatic heterocycles.